The Morgan fingerprint density at radius 1 is 1.28 bits per heavy atom. The summed E-state index contributed by atoms with van der Waals surface area (Å²) in [4.78, 5) is 42.9. The van der Waals surface area contributed by atoms with Gasteiger partial charge < -0.3 is 25.0 Å². The molecule has 10 nitrogen and oxygen atoms in total. The van der Waals surface area contributed by atoms with Crippen LogP contribution >= 0.6 is 11.6 Å². The van der Waals surface area contributed by atoms with E-state index in [1.54, 1.807) is 47.0 Å². The quantitative estimate of drug-likeness (QED) is 0.516. The smallest absolute Gasteiger partial charge is 0.325 e. The van der Waals surface area contributed by atoms with E-state index in [0.29, 0.717) is 22.3 Å². The molecule has 3 aromatic rings. The number of fused-ring (bicyclic) bond motifs is 1. The Morgan fingerprint density at radius 2 is 1.97 bits per heavy atom. The van der Waals surface area contributed by atoms with Crippen molar-refractivity contribution >= 4 is 35.1 Å². The van der Waals surface area contributed by atoms with Gasteiger partial charge in [0.1, 0.15) is 17.9 Å². The van der Waals surface area contributed by atoms with Crippen LogP contribution in [0.2, 0.25) is 5.02 Å². The first-order valence-electron chi connectivity index (χ1n) is 9.98. The predicted molar refractivity (Wildman–Crippen MR) is 118 cm³/mol. The van der Waals surface area contributed by atoms with E-state index < -0.39 is 30.1 Å². The molecule has 3 heterocycles. The van der Waals surface area contributed by atoms with Gasteiger partial charge in [-0.15, -0.1) is 0 Å². The van der Waals surface area contributed by atoms with Crippen molar-refractivity contribution in [1.29, 1.82) is 0 Å². The third-order valence-electron chi connectivity index (χ3n) is 5.57. The number of β-amino-alcohol motifs (C(OH)–C–C–N with tert-alkyl or cyclic N) is 1. The second-order valence-corrected chi connectivity index (χ2v) is 8.27. The molecule has 1 aliphatic heterocycles. The normalized spacial score (nSPS) is 19.3. The highest BCUT2D eigenvalue weighted by atomic mass is 35.5. The van der Waals surface area contributed by atoms with Crippen molar-refractivity contribution in [3.63, 3.8) is 0 Å². The summed E-state index contributed by atoms with van der Waals surface area (Å²) in [7, 11) is 1.71. The Morgan fingerprint density at radius 3 is 2.62 bits per heavy atom. The van der Waals surface area contributed by atoms with E-state index in [2.05, 4.69) is 10.3 Å². The van der Waals surface area contributed by atoms with Gasteiger partial charge >= 0.3 is 5.97 Å². The largest absolute Gasteiger partial charge is 0.480 e. The highest BCUT2D eigenvalue weighted by molar-refractivity contribution is 6.30. The summed E-state index contributed by atoms with van der Waals surface area (Å²) in [6.45, 7) is 1.48. The van der Waals surface area contributed by atoms with E-state index in [1.807, 2.05) is 0 Å². The minimum Gasteiger partial charge on any atom is -0.480 e. The number of nitrogens with zero attached hydrogens (tertiary/aromatic N) is 4. The molecule has 1 amide bonds. The Balaban J connectivity index is 1.74. The number of anilines is 1. The van der Waals surface area contributed by atoms with Crippen molar-refractivity contribution in [2.75, 3.05) is 11.4 Å². The lowest BCUT2D eigenvalue weighted by molar-refractivity contribution is -0.141. The second-order valence-electron chi connectivity index (χ2n) is 7.83. The third kappa shape index (κ3) is 3.94. The van der Waals surface area contributed by atoms with E-state index in [4.69, 9.17) is 16.7 Å². The molecule has 1 aliphatic rings. The monoisotopic (exact) mass is 459 g/mol. The van der Waals surface area contributed by atoms with Crippen molar-refractivity contribution in [2.24, 2.45) is 7.05 Å². The number of hydrogen-bond acceptors (Lipinski definition) is 6. The summed E-state index contributed by atoms with van der Waals surface area (Å²) >= 11 is 5.95. The standard InChI is InChI=1S/C21H22ClN5O5/c1-11(20(31)32)23-19(30)16-7-14(28)9-26(16)17-8-18(29)27-10-15(24-21(27)25(17)2)12-3-5-13(22)6-4-12/h3-6,8,10-11,14,16,28H,7,9H2,1-2H3,(H,23,30)(H,31,32)/t11-,14+,16-/m0/s1. The summed E-state index contributed by atoms with van der Waals surface area (Å²) in [6.07, 6.45) is 0.936. The van der Waals surface area contributed by atoms with Gasteiger partial charge in [-0.2, -0.15) is 0 Å². The minimum atomic E-state index is -1.16. The van der Waals surface area contributed by atoms with Crippen LogP contribution in [0.5, 0.6) is 0 Å². The number of carbonyl (C=O) groups excluding carboxylic acids is 1. The maximum Gasteiger partial charge on any atom is 0.325 e. The molecule has 168 valence electrons. The molecule has 0 saturated carbocycles. The van der Waals surface area contributed by atoms with Gasteiger partial charge in [0.15, 0.2) is 0 Å². The third-order valence-corrected chi connectivity index (χ3v) is 5.82. The highest BCUT2D eigenvalue weighted by Gasteiger charge is 2.38. The highest BCUT2D eigenvalue weighted by Crippen LogP contribution is 2.27. The molecule has 1 fully saturated rings. The average Bonchev–Trinajstić information content (AvgIpc) is 3.36. The Labute approximate surface area is 187 Å². The SMILES string of the molecule is C[C@H](NC(=O)[C@@H]1C[C@@H](O)CN1c1cc(=O)n2cc(-c3ccc(Cl)cc3)nc2n1C)C(=O)O. The van der Waals surface area contributed by atoms with Gasteiger partial charge in [0, 0.05) is 42.9 Å². The first-order chi connectivity index (χ1) is 15.2. The van der Waals surface area contributed by atoms with Gasteiger partial charge in [-0.25, -0.2) is 4.98 Å². The molecule has 2 aromatic heterocycles. The van der Waals surface area contributed by atoms with E-state index in [1.165, 1.54) is 17.4 Å². The molecular weight excluding hydrogens is 438 g/mol. The summed E-state index contributed by atoms with van der Waals surface area (Å²) in [5.74, 6) is -0.939. The Hall–Kier alpha value is -3.37. The number of aliphatic hydroxyl groups is 1. The number of aliphatic hydroxyl groups excluding tert-OH is 1. The zero-order chi connectivity index (χ0) is 23.2. The lowest BCUT2D eigenvalue weighted by atomic mass is 10.1. The van der Waals surface area contributed by atoms with Crippen molar-refractivity contribution in [1.82, 2.24) is 19.3 Å². The number of halogens is 1. The molecule has 0 radical (unpaired) electrons. The van der Waals surface area contributed by atoms with E-state index in [-0.39, 0.29) is 18.5 Å². The molecule has 0 unspecified atom stereocenters. The Kier molecular flexibility index (Phi) is 5.66. The fourth-order valence-electron chi connectivity index (χ4n) is 3.87. The van der Waals surface area contributed by atoms with Gasteiger partial charge in [0.25, 0.3) is 5.56 Å². The minimum absolute atomic E-state index is 0.113. The number of carboxylic acids is 1. The fourth-order valence-corrected chi connectivity index (χ4v) is 4.00. The van der Waals surface area contributed by atoms with Crippen LogP contribution < -0.4 is 15.8 Å². The van der Waals surface area contributed by atoms with Gasteiger partial charge in [-0.05, 0) is 19.1 Å². The van der Waals surface area contributed by atoms with Crippen molar-refractivity contribution < 1.29 is 19.8 Å². The first kappa shape index (κ1) is 21.8. The van der Waals surface area contributed by atoms with Gasteiger partial charge in [0.05, 0.1) is 11.8 Å². The molecule has 0 aliphatic carbocycles. The number of aromatic nitrogens is 3. The maximum absolute atomic E-state index is 12.9. The van der Waals surface area contributed by atoms with E-state index in [0.717, 1.165) is 5.56 Å². The molecule has 11 heteroatoms. The van der Waals surface area contributed by atoms with Gasteiger partial charge in [-0.1, -0.05) is 23.7 Å². The van der Waals surface area contributed by atoms with Crippen LogP contribution in [0.3, 0.4) is 0 Å². The maximum atomic E-state index is 12.9. The number of nitrogens with one attached hydrogen (secondary N) is 1. The van der Waals surface area contributed by atoms with Crippen LogP contribution in [-0.2, 0) is 16.6 Å². The summed E-state index contributed by atoms with van der Waals surface area (Å²) in [6, 6.07) is 6.54. The number of aryl methyl sites for hydroxylation is 1. The second kappa shape index (κ2) is 8.29. The van der Waals surface area contributed by atoms with Crippen LogP contribution in [0.25, 0.3) is 17.0 Å². The van der Waals surface area contributed by atoms with Gasteiger partial charge in [0.2, 0.25) is 11.7 Å². The molecule has 1 aromatic carbocycles. The van der Waals surface area contributed by atoms with Crippen LogP contribution in [0.4, 0.5) is 5.82 Å². The Bertz CT molecular complexity index is 1250. The molecular formula is C21H22ClN5O5. The molecule has 3 N–H and O–H groups in total. The number of amides is 1. The lowest BCUT2D eigenvalue weighted by Gasteiger charge is -2.28. The zero-order valence-electron chi connectivity index (χ0n) is 17.4. The topological polar surface area (TPSA) is 129 Å². The molecule has 0 bridgehead atoms. The molecule has 0 spiro atoms. The molecule has 32 heavy (non-hydrogen) atoms. The summed E-state index contributed by atoms with van der Waals surface area (Å²) < 4.78 is 3.07. The predicted octanol–water partition coefficient (Wildman–Crippen LogP) is 0.882. The van der Waals surface area contributed by atoms with Crippen LogP contribution in [-0.4, -0.2) is 60.8 Å². The molecule has 4 rings (SSSR count). The summed E-state index contributed by atoms with van der Waals surface area (Å²) in [5, 5.41) is 22.3. The number of carboxylic acid groups (broad SMARTS) is 1. The lowest BCUT2D eigenvalue weighted by Crippen LogP contribution is -2.49. The van der Waals surface area contributed by atoms with Crippen LogP contribution in [0.15, 0.2) is 41.3 Å². The molecule has 1 saturated heterocycles. The first-order valence-corrected chi connectivity index (χ1v) is 10.4. The van der Waals surface area contributed by atoms with E-state index >= 15 is 0 Å². The number of carbonyl (C=O) groups is 2. The van der Waals surface area contributed by atoms with Crippen LogP contribution in [0.1, 0.15) is 13.3 Å². The van der Waals surface area contributed by atoms with Crippen molar-refractivity contribution in [3.05, 3.63) is 51.9 Å². The number of aliphatic carboxylic acids is 1. The van der Waals surface area contributed by atoms with Crippen molar-refractivity contribution in [3.8, 4) is 11.3 Å². The van der Waals surface area contributed by atoms with E-state index in [9.17, 15) is 19.5 Å². The average molecular weight is 460 g/mol. The number of benzene rings is 1. The number of hydrogen-bond donors (Lipinski definition) is 3. The number of rotatable bonds is 5. The summed E-state index contributed by atoms with van der Waals surface area (Å²) in [5.41, 5.74) is 1.02. The van der Waals surface area contributed by atoms with Gasteiger partial charge in [-0.3, -0.25) is 18.8 Å². The van der Waals surface area contributed by atoms with Crippen molar-refractivity contribution in [2.45, 2.75) is 31.5 Å². The fraction of sp³-hybridized carbons (Fsp3) is 0.333. The molecule has 3 atom stereocenters. The van der Waals surface area contributed by atoms with Crippen LogP contribution in [0, 0.1) is 0 Å². The zero-order valence-corrected chi connectivity index (χ0v) is 18.2. The number of imidazole rings is 1.